The number of ether oxygens (including phenoxy) is 2. The largest absolute Gasteiger partial charge is 0.497 e. The summed E-state index contributed by atoms with van der Waals surface area (Å²) in [4.78, 5) is 19.9. The molecule has 0 aromatic heterocycles. The molecule has 1 rings (SSSR count). The molecule has 0 saturated heterocycles. The molecule has 0 bridgehead atoms. The summed E-state index contributed by atoms with van der Waals surface area (Å²) < 4.78 is 9.81. The first-order valence-electron chi connectivity index (χ1n) is 4.82. The maximum absolute atomic E-state index is 10.6. The van der Waals surface area contributed by atoms with E-state index in [0.717, 1.165) is 0 Å². The van der Waals surface area contributed by atoms with Gasteiger partial charge in [0.15, 0.2) is 0 Å². The topological polar surface area (TPSA) is 119 Å². The molecule has 0 unspecified atom stereocenters. The van der Waals surface area contributed by atoms with Crippen LogP contribution in [0.25, 0.3) is 0 Å². The number of nitrogens with two attached hydrogens (primary N) is 1. The number of carboxylic acid groups (broad SMARTS) is 2. The van der Waals surface area contributed by atoms with Gasteiger partial charge in [-0.3, -0.25) is 4.79 Å². The third kappa shape index (κ3) is 5.71. The van der Waals surface area contributed by atoms with Crippen molar-refractivity contribution < 1.29 is 29.3 Å². The second-order valence-electron chi connectivity index (χ2n) is 3.00. The highest BCUT2D eigenvalue weighted by Gasteiger charge is 2.07. The Labute approximate surface area is 104 Å². The minimum atomic E-state index is -1.00. The molecule has 0 saturated carbocycles. The number of aliphatic carboxylic acids is 1. The third-order valence-corrected chi connectivity index (χ3v) is 1.77. The summed E-state index contributed by atoms with van der Waals surface area (Å²) in [6.45, 7) is -0.278. The number of hydrogen-bond donors (Lipinski definition) is 3. The number of rotatable bonds is 4. The molecule has 7 heteroatoms. The van der Waals surface area contributed by atoms with Gasteiger partial charge in [0.05, 0.1) is 26.3 Å². The predicted octanol–water partition coefficient (Wildman–Crippen LogP) is 0.432. The van der Waals surface area contributed by atoms with Gasteiger partial charge in [-0.05, 0) is 12.1 Å². The van der Waals surface area contributed by atoms with Crippen molar-refractivity contribution in [2.75, 3.05) is 20.8 Å². The smallest absolute Gasteiger partial charge is 0.335 e. The van der Waals surface area contributed by atoms with E-state index in [1.807, 2.05) is 0 Å². The fourth-order valence-electron chi connectivity index (χ4n) is 0.931. The highest BCUT2D eigenvalue weighted by atomic mass is 16.5. The van der Waals surface area contributed by atoms with E-state index in [9.17, 15) is 9.59 Å². The molecule has 1 aromatic rings. The monoisotopic (exact) mass is 257 g/mol. The average molecular weight is 257 g/mol. The fourth-order valence-corrected chi connectivity index (χ4v) is 0.931. The number of aromatic carboxylic acids is 1. The molecule has 0 heterocycles. The number of carboxylic acids is 2. The zero-order valence-corrected chi connectivity index (χ0v) is 10.0. The summed E-state index contributed by atoms with van der Waals surface area (Å²) in [7, 11) is 2.95. The maximum atomic E-state index is 10.6. The summed E-state index contributed by atoms with van der Waals surface area (Å²) in [5.41, 5.74) is 4.72. The summed E-state index contributed by atoms with van der Waals surface area (Å²) in [5.74, 6) is -1.03. The molecule has 0 fully saturated rings. The minimum absolute atomic E-state index is 0.149. The summed E-state index contributed by atoms with van der Waals surface area (Å²) >= 11 is 0. The Morgan fingerprint density at radius 1 is 1.11 bits per heavy atom. The summed E-state index contributed by atoms with van der Waals surface area (Å²) in [6, 6.07) is 4.49. The average Bonchev–Trinajstić information content (AvgIpc) is 2.38. The van der Waals surface area contributed by atoms with E-state index in [0.29, 0.717) is 11.5 Å². The van der Waals surface area contributed by atoms with Gasteiger partial charge in [-0.2, -0.15) is 0 Å². The lowest BCUT2D eigenvalue weighted by Crippen LogP contribution is -2.10. The predicted molar refractivity (Wildman–Crippen MR) is 63.2 cm³/mol. The van der Waals surface area contributed by atoms with Gasteiger partial charge in [0, 0.05) is 6.07 Å². The Balaban J connectivity index is 0.000000494. The Bertz CT molecular complexity index is 396. The van der Waals surface area contributed by atoms with Crippen molar-refractivity contribution in [3.63, 3.8) is 0 Å². The highest BCUT2D eigenvalue weighted by Crippen LogP contribution is 2.22. The van der Waals surface area contributed by atoms with Crippen molar-refractivity contribution in [1.82, 2.24) is 0 Å². The van der Waals surface area contributed by atoms with Crippen LogP contribution in [0, 0.1) is 0 Å². The van der Waals surface area contributed by atoms with Crippen LogP contribution in [0.15, 0.2) is 18.2 Å². The van der Waals surface area contributed by atoms with E-state index in [1.165, 1.54) is 26.4 Å². The molecule has 18 heavy (non-hydrogen) atoms. The van der Waals surface area contributed by atoms with E-state index < -0.39 is 11.9 Å². The van der Waals surface area contributed by atoms with Gasteiger partial charge in [0.2, 0.25) is 0 Å². The van der Waals surface area contributed by atoms with Gasteiger partial charge >= 0.3 is 11.9 Å². The standard InChI is InChI=1S/C9H10O4.C2H5NO2/c1-12-7-3-6(9(10)11)4-8(5-7)13-2;3-1-2(4)5/h3-5H,1-2H3,(H,10,11);1,3H2,(H,4,5). The first kappa shape index (κ1) is 15.7. The molecule has 0 aliphatic rings. The van der Waals surface area contributed by atoms with Gasteiger partial charge in [-0.15, -0.1) is 0 Å². The molecule has 0 radical (unpaired) electrons. The highest BCUT2D eigenvalue weighted by molar-refractivity contribution is 5.88. The van der Waals surface area contributed by atoms with Crippen molar-refractivity contribution in [3.05, 3.63) is 23.8 Å². The van der Waals surface area contributed by atoms with Gasteiger partial charge in [-0.25, -0.2) is 4.79 Å². The second kappa shape index (κ2) is 7.91. The Hall–Kier alpha value is -2.28. The number of methoxy groups -OCH3 is 2. The van der Waals surface area contributed by atoms with E-state index in [-0.39, 0.29) is 12.1 Å². The van der Waals surface area contributed by atoms with Gasteiger partial charge in [0.25, 0.3) is 0 Å². The maximum Gasteiger partial charge on any atom is 0.335 e. The van der Waals surface area contributed by atoms with E-state index >= 15 is 0 Å². The van der Waals surface area contributed by atoms with E-state index in [4.69, 9.17) is 19.7 Å². The number of hydrogen-bond acceptors (Lipinski definition) is 5. The molecule has 0 spiro atoms. The molecule has 0 atom stereocenters. The minimum Gasteiger partial charge on any atom is -0.497 e. The molecule has 100 valence electrons. The van der Waals surface area contributed by atoms with Gasteiger partial charge < -0.3 is 25.4 Å². The lowest BCUT2D eigenvalue weighted by molar-refractivity contribution is -0.135. The van der Waals surface area contributed by atoms with Crippen LogP contribution in [0.1, 0.15) is 10.4 Å². The summed E-state index contributed by atoms with van der Waals surface area (Å²) in [6.07, 6.45) is 0. The molecular formula is C11H15NO6. The fraction of sp³-hybridized carbons (Fsp3) is 0.273. The summed E-state index contributed by atoms with van der Waals surface area (Å²) in [5, 5.41) is 16.3. The Kier molecular flexibility index (Phi) is 6.91. The van der Waals surface area contributed by atoms with Gasteiger partial charge in [0.1, 0.15) is 11.5 Å². The van der Waals surface area contributed by atoms with Gasteiger partial charge in [-0.1, -0.05) is 0 Å². The Morgan fingerprint density at radius 2 is 1.50 bits per heavy atom. The van der Waals surface area contributed by atoms with Crippen LogP contribution in [0.5, 0.6) is 11.5 Å². The molecular weight excluding hydrogens is 242 g/mol. The molecule has 0 amide bonds. The van der Waals surface area contributed by atoms with Crippen molar-refractivity contribution >= 4 is 11.9 Å². The van der Waals surface area contributed by atoms with Crippen molar-refractivity contribution in [2.45, 2.75) is 0 Å². The van der Waals surface area contributed by atoms with Crippen LogP contribution < -0.4 is 15.2 Å². The molecule has 7 nitrogen and oxygen atoms in total. The van der Waals surface area contributed by atoms with E-state index in [1.54, 1.807) is 6.07 Å². The van der Waals surface area contributed by atoms with Crippen molar-refractivity contribution in [1.29, 1.82) is 0 Å². The molecule has 4 N–H and O–H groups in total. The molecule has 1 aromatic carbocycles. The van der Waals surface area contributed by atoms with E-state index in [2.05, 4.69) is 5.73 Å². The number of benzene rings is 1. The number of carbonyl (C=O) groups is 2. The third-order valence-electron chi connectivity index (χ3n) is 1.77. The molecule has 0 aliphatic heterocycles. The zero-order chi connectivity index (χ0) is 14.1. The lowest BCUT2D eigenvalue weighted by Gasteiger charge is -2.05. The zero-order valence-electron chi connectivity index (χ0n) is 10.0. The van der Waals surface area contributed by atoms with Crippen LogP contribution in [0.4, 0.5) is 0 Å². The first-order valence-corrected chi connectivity index (χ1v) is 4.82. The van der Waals surface area contributed by atoms with Crippen molar-refractivity contribution in [2.24, 2.45) is 5.73 Å². The van der Waals surface area contributed by atoms with Crippen LogP contribution >= 0.6 is 0 Å². The lowest BCUT2D eigenvalue weighted by atomic mass is 10.2. The second-order valence-corrected chi connectivity index (χ2v) is 3.00. The first-order chi connectivity index (χ1) is 8.44. The van der Waals surface area contributed by atoms with Crippen molar-refractivity contribution in [3.8, 4) is 11.5 Å². The molecule has 0 aliphatic carbocycles. The van der Waals surface area contributed by atoms with Crippen LogP contribution in [-0.2, 0) is 4.79 Å². The Morgan fingerprint density at radius 3 is 1.72 bits per heavy atom. The normalized spacial score (nSPS) is 8.83. The van der Waals surface area contributed by atoms with Crippen LogP contribution in [-0.4, -0.2) is 42.9 Å². The quantitative estimate of drug-likeness (QED) is 0.715. The SMILES string of the molecule is COc1cc(OC)cc(C(=O)O)c1.NCC(=O)O. The van der Waals surface area contributed by atoms with Crippen LogP contribution in [0.2, 0.25) is 0 Å². The van der Waals surface area contributed by atoms with Crippen LogP contribution in [0.3, 0.4) is 0 Å².